The molecule has 92 valence electrons. The Labute approximate surface area is 111 Å². The molecule has 0 aliphatic heterocycles. The summed E-state index contributed by atoms with van der Waals surface area (Å²) in [5.74, 6) is 0.102. The summed E-state index contributed by atoms with van der Waals surface area (Å²) in [6, 6.07) is 15.6. The Morgan fingerprint density at radius 2 is 1.11 bits per heavy atom. The third-order valence-corrected chi connectivity index (χ3v) is 4.37. The SMILES string of the molecule is O=C1CCC(=O)C12c1ccccc1-c1ccccc12. The second-order valence-corrected chi connectivity index (χ2v) is 5.19. The number of carbonyl (C=O) groups excluding carboxylic acids is 2. The quantitative estimate of drug-likeness (QED) is 0.672. The van der Waals surface area contributed by atoms with Gasteiger partial charge in [0.25, 0.3) is 0 Å². The lowest BCUT2D eigenvalue weighted by Crippen LogP contribution is -2.36. The van der Waals surface area contributed by atoms with E-state index in [-0.39, 0.29) is 11.6 Å². The minimum atomic E-state index is -1.01. The van der Waals surface area contributed by atoms with E-state index in [1.165, 1.54) is 0 Å². The van der Waals surface area contributed by atoms with Gasteiger partial charge in [-0.1, -0.05) is 48.5 Å². The van der Waals surface area contributed by atoms with Gasteiger partial charge in [0.15, 0.2) is 11.6 Å². The normalized spacial score (nSPS) is 18.7. The van der Waals surface area contributed by atoms with Gasteiger partial charge in [0.05, 0.1) is 0 Å². The van der Waals surface area contributed by atoms with Crippen molar-refractivity contribution in [3.8, 4) is 11.1 Å². The van der Waals surface area contributed by atoms with Gasteiger partial charge in [0.1, 0.15) is 5.41 Å². The lowest BCUT2D eigenvalue weighted by Gasteiger charge is -2.22. The molecule has 2 aliphatic carbocycles. The summed E-state index contributed by atoms with van der Waals surface area (Å²) in [5, 5.41) is 0. The summed E-state index contributed by atoms with van der Waals surface area (Å²) in [5.41, 5.74) is 2.81. The van der Waals surface area contributed by atoms with E-state index in [1.54, 1.807) is 0 Å². The second kappa shape index (κ2) is 3.41. The monoisotopic (exact) mass is 248 g/mol. The molecule has 2 heteroatoms. The van der Waals surface area contributed by atoms with Crippen molar-refractivity contribution in [3.63, 3.8) is 0 Å². The van der Waals surface area contributed by atoms with Crippen LogP contribution in [-0.2, 0) is 15.0 Å². The molecule has 0 bridgehead atoms. The Kier molecular flexibility index (Phi) is 1.92. The van der Waals surface area contributed by atoms with E-state index < -0.39 is 5.41 Å². The zero-order valence-electron chi connectivity index (χ0n) is 10.3. The summed E-state index contributed by atoms with van der Waals surface area (Å²) in [6.07, 6.45) is 0.725. The van der Waals surface area contributed by atoms with Crippen LogP contribution in [0.25, 0.3) is 11.1 Å². The number of fused-ring (bicyclic) bond motifs is 5. The molecule has 4 rings (SSSR count). The van der Waals surface area contributed by atoms with Crippen LogP contribution in [0.3, 0.4) is 0 Å². The fourth-order valence-corrected chi connectivity index (χ4v) is 3.59. The maximum atomic E-state index is 12.5. The number of rotatable bonds is 0. The van der Waals surface area contributed by atoms with Crippen molar-refractivity contribution < 1.29 is 9.59 Å². The number of benzene rings is 2. The van der Waals surface area contributed by atoms with Gasteiger partial charge in [-0.05, 0) is 22.3 Å². The molecule has 0 aromatic heterocycles. The van der Waals surface area contributed by atoms with Crippen LogP contribution in [0, 0.1) is 0 Å². The molecule has 0 radical (unpaired) electrons. The topological polar surface area (TPSA) is 34.1 Å². The molecule has 0 unspecified atom stereocenters. The molecular weight excluding hydrogens is 236 g/mol. The molecule has 0 heterocycles. The van der Waals surface area contributed by atoms with E-state index in [0.717, 1.165) is 22.3 Å². The van der Waals surface area contributed by atoms with Gasteiger partial charge in [-0.15, -0.1) is 0 Å². The molecule has 2 aliphatic rings. The average Bonchev–Trinajstić information content (AvgIpc) is 2.92. The van der Waals surface area contributed by atoms with Crippen molar-refractivity contribution in [1.82, 2.24) is 0 Å². The number of carbonyl (C=O) groups is 2. The van der Waals surface area contributed by atoms with Crippen LogP contribution in [0.1, 0.15) is 24.0 Å². The minimum absolute atomic E-state index is 0.0508. The van der Waals surface area contributed by atoms with Crippen LogP contribution in [0.4, 0.5) is 0 Å². The van der Waals surface area contributed by atoms with Gasteiger partial charge < -0.3 is 0 Å². The summed E-state index contributed by atoms with van der Waals surface area (Å²) in [4.78, 5) is 25.0. The minimum Gasteiger partial charge on any atom is -0.298 e. The second-order valence-electron chi connectivity index (χ2n) is 5.19. The van der Waals surface area contributed by atoms with Crippen LogP contribution in [-0.4, -0.2) is 11.6 Å². The molecule has 1 spiro atoms. The first kappa shape index (κ1) is 10.7. The van der Waals surface area contributed by atoms with Crippen LogP contribution in [0.5, 0.6) is 0 Å². The molecule has 0 N–H and O–H groups in total. The maximum absolute atomic E-state index is 12.5. The van der Waals surface area contributed by atoms with Crippen LogP contribution in [0.15, 0.2) is 48.5 Å². The van der Waals surface area contributed by atoms with Crippen molar-refractivity contribution in [2.75, 3.05) is 0 Å². The summed E-state index contributed by atoms with van der Waals surface area (Å²) >= 11 is 0. The Balaban J connectivity index is 2.18. The summed E-state index contributed by atoms with van der Waals surface area (Å²) in [7, 11) is 0. The molecule has 2 nitrogen and oxygen atoms in total. The Morgan fingerprint density at radius 3 is 1.58 bits per heavy atom. The highest BCUT2D eigenvalue weighted by atomic mass is 16.2. The van der Waals surface area contributed by atoms with Crippen LogP contribution < -0.4 is 0 Å². The highest BCUT2D eigenvalue weighted by molar-refractivity contribution is 6.24. The van der Waals surface area contributed by atoms with E-state index in [1.807, 2.05) is 48.5 Å². The molecular formula is C17H12O2. The predicted molar refractivity (Wildman–Crippen MR) is 71.9 cm³/mol. The Bertz CT molecular complexity index is 664. The number of hydrogen-bond donors (Lipinski definition) is 0. The fraction of sp³-hybridized carbons (Fsp3) is 0.176. The Hall–Kier alpha value is -2.22. The average molecular weight is 248 g/mol. The van der Waals surface area contributed by atoms with Gasteiger partial charge in [-0.2, -0.15) is 0 Å². The largest absolute Gasteiger partial charge is 0.298 e. The van der Waals surface area contributed by atoms with Gasteiger partial charge in [0, 0.05) is 12.8 Å². The van der Waals surface area contributed by atoms with Crippen LogP contribution >= 0.6 is 0 Å². The highest BCUT2D eigenvalue weighted by Gasteiger charge is 2.56. The number of hydrogen-bond acceptors (Lipinski definition) is 2. The van der Waals surface area contributed by atoms with Crippen molar-refractivity contribution >= 4 is 11.6 Å². The molecule has 1 saturated carbocycles. The molecule has 2 aromatic rings. The lowest BCUT2D eigenvalue weighted by molar-refractivity contribution is -0.127. The van der Waals surface area contributed by atoms with Gasteiger partial charge in [-0.3, -0.25) is 9.59 Å². The Morgan fingerprint density at radius 1 is 0.684 bits per heavy atom. The first-order valence-corrected chi connectivity index (χ1v) is 6.52. The fourth-order valence-electron chi connectivity index (χ4n) is 3.59. The molecule has 0 atom stereocenters. The molecule has 0 amide bonds. The van der Waals surface area contributed by atoms with E-state index in [0.29, 0.717) is 12.8 Å². The predicted octanol–water partition coefficient (Wildman–Crippen LogP) is 2.89. The zero-order chi connectivity index (χ0) is 13.0. The maximum Gasteiger partial charge on any atom is 0.155 e. The molecule has 0 saturated heterocycles. The molecule has 1 fully saturated rings. The number of Topliss-reactive ketones (excluding diaryl/α,β-unsaturated/α-hetero) is 2. The lowest BCUT2D eigenvalue weighted by atomic mass is 9.75. The summed E-state index contributed by atoms with van der Waals surface area (Å²) < 4.78 is 0. The standard InChI is InChI=1S/C17H12O2/c18-15-9-10-16(19)17(15)13-7-3-1-5-11(13)12-6-2-4-8-14(12)17/h1-8H,9-10H2. The first-order valence-electron chi connectivity index (χ1n) is 6.52. The smallest absolute Gasteiger partial charge is 0.155 e. The van der Waals surface area contributed by atoms with Crippen molar-refractivity contribution in [1.29, 1.82) is 0 Å². The zero-order valence-corrected chi connectivity index (χ0v) is 10.3. The van der Waals surface area contributed by atoms with Crippen molar-refractivity contribution in [3.05, 3.63) is 59.7 Å². The molecule has 2 aromatic carbocycles. The van der Waals surface area contributed by atoms with Gasteiger partial charge >= 0.3 is 0 Å². The van der Waals surface area contributed by atoms with Crippen molar-refractivity contribution in [2.45, 2.75) is 18.3 Å². The third kappa shape index (κ3) is 1.08. The van der Waals surface area contributed by atoms with E-state index in [4.69, 9.17) is 0 Å². The van der Waals surface area contributed by atoms with Gasteiger partial charge in [0.2, 0.25) is 0 Å². The van der Waals surface area contributed by atoms with E-state index in [2.05, 4.69) is 0 Å². The van der Waals surface area contributed by atoms with Crippen molar-refractivity contribution in [2.24, 2.45) is 0 Å². The number of ketones is 2. The first-order chi connectivity index (χ1) is 9.26. The van der Waals surface area contributed by atoms with Gasteiger partial charge in [-0.25, -0.2) is 0 Å². The van der Waals surface area contributed by atoms with Crippen LogP contribution in [0.2, 0.25) is 0 Å². The molecule has 19 heavy (non-hydrogen) atoms. The van der Waals surface area contributed by atoms with E-state index >= 15 is 0 Å². The van der Waals surface area contributed by atoms with E-state index in [9.17, 15) is 9.59 Å². The summed E-state index contributed by atoms with van der Waals surface area (Å²) in [6.45, 7) is 0. The third-order valence-electron chi connectivity index (χ3n) is 4.37. The highest BCUT2D eigenvalue weighted by Crippen LogP contribution is 2.53.